The minimum Gasteiger partial charge on any atom is -0.493 e. The molecule has 4 rings (SSSR count). The Bertz CT molecular complexity index is 1370. The maximum Gasteiger partial charge on any atom is 0.161 e. The van der Waals surface area contributed by atoms with Gasteiger partial charge in [-0.1, -0.05) is 40.9 Å². The Labute approximate surface area is 218 Å². The van der Waals surface area contributed by atoms with Crippen molar-refractivity contribution in [3.8, 4) is 45.5 Å². The highest BCUT2D eigenvalue weighted by molar-refractivity contribution is 6.36. The van der Waals surface area contributed by atoms with E-state index in [2.05, 4.69) is 0 Å². The Kier molecular flexibility index (Phi) is 7.65. The van der Waals surface area contributed by atoms with Crippen molar-refractivity contribution in [3.63, 3.8) is 0 Å². The molecule has 0 fully saturated rings. The average molecular weight is 534 g/mol. The van der Waals surface area contributed by atoms with Gasteiger partial charge in [0.05, 0.1) is 45.7 Å². The third-order valence-electron chi connectivity index (χ3n) is 5.54. The summed E-state index contributed by atoms with van der Waals surface area (Å²) in [7, 11) is 6.35. The first kappa shape index (κ1) is 25.0. The molecule has 1 aromatic heterocycles. The van der Waals surface area contributed by atoms with Crippen LogP contribution in [0.2, 0.25) is 15.1 Å². The average Bonchev–Trinajstić information content (AvgIpc) is 3.20. The van der Waals surface area contributed by atoms with Crippen molar-refractivity contribution < 1.29 is 18.9 Å². The molecular formula is C26H23Cl3N2O4. The number of nitrogens with zero attached hydrogens (tertiary/aromatic N) is 2. The molecule has 0 radical (unpaired) electrons. The molecule has 0 saturated carbocycles. The van der Waals surface area contributed by atoms with Gasteiger partial charge in [0, 0.05) is 21.2 Å². The molecule has 0 unspecified atom stereocenters. The Morgan fingerprint density at radius 3 is 1.83 bits per heavy atom. The Balaban J connectivity index is 1.91. The lowest BCUT2D eigenvalue weighted by molar-refractivity contribution is 0.355. The zero-order valence-corrected chi connectivity index (χ0v) is 21.8. The molecule has 4 aromatic rings. The zero-order chi connectivity index (χ0) is 25.1. The zero-order valence-electron chi connectivity index (χ0n) is 19.6. The topological polar surface area (TPSA) is 54.7 Å². The number of hydrogen-bond acceptors (Lipinski definition) is 5. The highest BCUT2D eigenvalue weighted by Crippen LogP contribution is 2.42. The van der Waals surface area contributed by atoms with E-state index in [0.717, 1.165) is 16.7 Å². The number of hydrogen-bond donors (Lipinski definition) is 0. The summed E-state index contributed by atoms with van der Waals surface area (Å²) >= 11 is 19.6. The van der Waals surface area contributed by atoms with E-state index in [9.17, 15) is 0 Å². The standard InChI is InChI=1S/C26H23Cl3N2O4/c1-32-20-9-6-15(11-22(20)34-3)25-24(29)26(16-7-10-21(33-2)23(12-16)35-4)31(30-25)14-17-5-8-18(27)13-19(17)28/h5-13H,14H2,1-4H3. The van der Waals surface area contributed by atoms with E-state index < -0.39 is 0 Å². The number of methoxy groups -OCH3 is 4. The van der Waals surface area contributed by atoms with Crippen molar-refractivity contribution in [1.29, 1.82) is 0 Å². The lowest BCUT2D eigenvalue weighted by Crippen LogP contribution is -2.05. The summed E-state index contributed by atoms with van der Waals surface area (Å²) in [5, 5.41) is 6.43. The van der Waals surface area contributed by atoms with Gasteiger partial charge in [-0.3, -0.25) is 4.68 Å². The molecule has 6 nitrogen and oxygen atoms in total. The van der Waals surface area contributed by atoms with E-state index >= 15 is 0 Å². The molecule has 35 heavy (non-hydrogen) atoms. The fraction of sp³-hybridized carbons (Fsp3) is 0.192. The second kappa shape index (κ2) is 10.7. The van der Waals surface area contributed by atoms with Gasteiger partial charge in [0.1, 0.15) is 5.69 Å². The van der Waals surface area contributed by atoms with Crippen LogP contribution in [0.5, 0.6) is 23.0 Å². The van der Waals surface area contributed by atoms with E-state index in [1.807, 2.05) is 47.1 Å². The summed E-state index contributed by atoms with van der Waals surface area (Å²) in [4.78, 5) is 0. The minimum absolute atomic E-state index is 0.368. The third-order valence-corrected chi connectivity index (χ3v) is 6.49. The molecule has 1 heterocycles. The van der Waals surface area contributed by atoms with Gasteiger partial charge in [-0.05, 0) is 54.1 Å². The second-order valence-corrected chi connectivity index (χ2v) is 8.77. The number of rotatable bonds is 8. The molecule has 0 aliphatic heterocycles. The monoisotopic (exact) mass is 532 g/mol. The van der Waals surface area contributed by atoms with Crippen LogP contribution in [0, 0.1) is 0 Å². The fourth-order valence-corrected chi connectivity index (χ4v) is 4.61. The Morgan fingerprint density at radius 2 is 1.26 bits per heavy atom. The fourth-order valence-electron chi connectivity index (χ4n) is 3.79. The summed E-state index contributed by atoms with van der Waals surface area (Å²) in [6.45, 7) is 0.368. The van der Waals surface area contributed by atoms with E-state index in [-0.39, 0.29) is 0 Å². The molecule has 0 N–H and O–H groups in total. The van der Waals surface area contributed by atoms with Gasteiger partial charge in [0.25, 0.3) is 0 Å². The van der Waals surface area contributed by atoms with Crippen LogP contribution in [0.4, 0.5) is 0 Å². The van der Waals surface area contributed by atoms with Crippen molar-refractivity contribution in [2.24, 2.45) is 0 Å². The number of halogens is 3. The summed E-state index contributed by atoms with van der Waals surface area (Å²) in [6, 6.07) is 16.5. The minimum atomic E-state index is 0.368. The van der Waals surface area contributed by atoms with Crippen molar-refractivity contribution in [2.45, 2.75) is 6.54 Å². The van der Waals surface area contributed by atoms with Gasteiger partial charge in [0.15, 0.2) is 23.0 Å². The molecule has 0 amide bonds. The Hall–Kier alpha value is -3.06. The molecule has 0 spiro atoms. The molecule has 0 aliphatic rings. The predicted molar refractivity (Wildman–Crippen MR) is 140 cm³/mol. The second-order valence-electron chi connectivity index (χ2n) is 7.54. The molecule has 0 saturated heterocycles. The van der Waals surface area contributed by atoms with Crippen LogP contribution in [0.1, 0.15) is 5.56 Å². The lowest BCUT2D eigenvalue weighted by Gasteiger charge is -2.12. The van der Waals surface area contributed by atoms with E-state index in [0.29, 0.717) is 56.0 Å². The van der Waals surface area contributed by atoms with Gasteiger partial charge >= 0.3 is 0 Å². The van der Waals surface area contributed by atoms with Gasteiger partial charge in [-0.15, -0.1) is 0 Å². The third kappa shape index (κ3) is 5.01. The first-order valence-corrected chi connectivity index (χ1v) is 11.7. The van der Waals surface area contributed by atoms with E-state index in [1.54, 1.807) is 40.6 Å². The van der Waals surface area contributed by atoms with Gasteiger partial charge < -0.3 is 18.9 Å². The quantitative estimate of drug-likeness (QED) is 0.239. The number of benzene rings is 3. The summed E-state index contributed by atoms with van der Waals surface area (Å²) in [5.74, 6) is 2.37. The molecular weight excluding hydrogens is 511 g/mol. The molecule has 0 atom stereocenters. The summed E-state index contributed by atoms with van der Waals surface area (Å²) in [5.41, 5.74) is 3.70. The van der Waals surface area contributed by atoms with Crippen molar-refractivity contribution >= 4 is 34.8 Å². The summed E-state index contributed by atoms with van der Waals surface area (Å²) in [6.07, 6.45) is 0. The van der Waals surface area contributed by atoms with Crippen molar-refractivity contribution in [2.75, 3.05) is 28.4 Å². The highest BCUT2D eigenvalue weighted by atomic mass is 35.5. The number of ether oxygens (including phenoxy) is 4. The molecule has 9 heteroatoms. The van der Waals surface area contributed by atoms with Crippen LogP contribution in [0.15, 0.2) is 54.6 Å². The van der Waals surface area contributed by atoms with E-state index in [1.165, 1.54) is 0 Å². The molecule has 0 aliphatic carbocycles. The highest BCUT2D eigenvalue weighted by Gasteiger charge is 2.22. The molecule has 0 bridgehead atoms. The summed E-state index contributed by atoms with van der Waals surface area (Å²) < 4.78 is 23.6. The van der Waals surface area contributed by atoms with Crippen molar-refractivity contribution in [3.05, 3.63) is 75.2 Å². The normalized spacial score (nSPS) is 10.8. The van der Waals surface area contributed by atoms with Gasteiger partial charge in [0.2, 0.25) is 0 Å². The van der Waals surface area contributed by atoms with Crippen LogP contribution in [0.3, 0.4) is 0 Å². The first-order chi connectivity index (χ1) is 16.9. The van der Waals surface area contributed by atoms with Gasteiger partial charge in [-0.25, -0.2) is 0 Å². The van der Waals surface area contributed by atoms with Crippen LogP contribution >= 0.6 is 34.8 Å². The van der Waals surface area contributed by atoms with Crippen LogP contribution in [-0.4, -0.2) is 38.2 Å². The van der Waals surface area contributed by atoms with Crippen LogP contribution < -0.4 is 18.9 Å². The Morgan fingerprint density at radius 1 is 0.686 bits per heavy atom. The largest absolute Gasteiger partial charge is 0.493 e. The van der Waals surface area contributed by atoms with Crippen LogP contribution in [0.25, 0.3) is 22.5 Å². The SMILES string of the molecule is COc1ccc(-c2nn(Cc3ccc(Cl)cc3Cl)c(-c3ccc(OC)c(OC)c3)c2Cl)cc1OC. The first-order valence-electron chi connectivity index (χ1n) is 10.5. The van der Waals surface area contributed by atoms with Gasteiger partial charge in [-0.2, -0.15) is 5.10 Å². The van der Waals surface area contributed by atoms with Crippen LogP contribution in [-0.2, 0) is 6.54 Å². The molecule has 182 valence electrons. The van der Waals surface area contributed by atoms with Crippen molar-refractivity contribution in [1.82, 2.24) is 9.78 Å². The maximum absolute atomic E-state index is 6.99. The van der Waals surface area contributed by atoms with E-state index in [4.69, 9.17) is 58.8 Å². The molecule has 3 aromatic carbocycles. The lowest BCUT2D eigenvalue weighted by atomic mass is 10.1. The number of aromatic nitrogens is 2. The smallest absolute Gasteiger partial charge is 0.161 e. The maximum atomic E-state index is 6.99. The predicted octanol–water partition coefficient (Wildman–Crippen LogP) is 7.26.